The first kappa shape index (κ1) is 20.2. The van der Waals surface area contributed by atoms with Crippen molar-refractivity contribution < 1.29 is 19.4 Å². The summed E-state index contributed by atoms with van der Waals surface area (Å²) in [5.74, 6) is -1.26. The minimum Gasteiger partial charge on any atom is -0.548 e. The van der Waals surface area contributed by atoms with E-state index in [0.29, 0.717) is 23.7 Å². The standard InChI is InChI=1S/C19H21NO4S2/c1-4-10-24-14-8-6-13(7-9-14)11-15-17(21)20(19(25)26-15)16(18(22)23)12(3)5-2/h4,6-9,11-12,16H,1,5,10H2,2-3H3,(H,22,23)/p-1/b15-11-/t12-,16-/m0/s1. The molecule has 1 aromatic rings. The lowest BCUT2D eigenvalue weighted by Gasteiger charge is -2.32. The Morgan fingerprint density at radius 3 is 2.62 bits per heavy atom. The maximum absolute atomic E-state index is 12.7. The van der Waals surface area contributed by atoms with Crippen molar-refractivity contribution in [1.82, 2.24) is 4.90 Å². The van der Waals surface area contributed by atoms with Crippen molar-refractivity contribution in [3.8, 4) is 5.75 Å². The smallest absolute Gasteiger partial charge is 0.266 e. The molecule has 0 unspecified atom stereocenters. The number of hydrogen-bond acceptors (Lipinski definition) is 6. The number of aliphatic carboxylic acids is 1. The molecule has 26 heavy (non-hydrogen) atoms. The first-order valence-electron chi connectivity index (χ1n) is 8.20. The molecule has 1 fully saturated rings. The normalized spacial score (nSPS) is 18.1. The fraction of sp³-hybridized carbons (Fsp3) is 0.316. The van der Waals surface area contributed by atoms with Crippen molar-refractivity contribution in [3.63, 3.8) is 0 Å². The Labute approximate surface area is 162 Å². The number of thiocarbonyl (C=S) groups is 1. The van der Waals surface area contributed by atoms with Crippen LogP contribution in [0.2, 0.25) is 0 Å². The highest BCUT2D eigenvalue weighted by Crippen LogP contribution is 2.35. The Bertz CT molecular complexity index is 742. The number of carbonyl (C=O) groups excluding carboxylic acids is 2. The van der Waals surface area contributed by atoms with Gasteiger partial charge in [-0.15, -0.1) is 0 Å². The number of thioether (sulfide) groups is 1. The summed E-state index contributed by atoms with van der Waals surface area (Å²) in [6, 6.07) is 6.15. The Morgan fingerprint density at radius 1 is 1.42 bits per heavy atom. The van der Waals surface area contributed by atoms with Crippen LogP contribution in [0.25, 0.3) is 6.08 Å². The molecule has 0 radical (unpaired) electrons. The third kappa shape index (κ3) is 4.53. The Balaban J connectivity index is 2.23. The highest BCUT2D eigenvalue weighted by Gasteiger charge is 2.39. The van der Waals surface area contributed by atoms with Crippen molar-refractivity contribution in [2.24, 2.45) is 5.92 Å². The van der Waals surface area contributed by atoms with E-state index in [1.165, 1.54) is 0 Å². The Morgan fingerprint density at radius 2 is 2.08 bits per heavy atom. The molecule has 1 aliphatic heterocycles. The third-order valence-electron chi connectivity index (χ3n) is 4.07. The maximum atomic E-state index is 12.7. The largest absolute Gasteiger partial charge is 0.548 e. The van der Waals surface area contributed by atoms with Gasteiger partial charge in [0.1, 0.15) is 16.7 Å². The second-order valence-electron chi connectivity index (χ2n) is 5.87. The van der Waals surface area contributed by atoms with E-state index >= 15 is 0 Å². The van der Waals surface area contributed by atoms with E-state index in [-0.39, 0.29) is 10.2 Å². The molecule has 2 rings (SSSR count). The zero-order chi connectivity index (χ0) is 19.3. The average Bonchev–Trinajstić information content (AvgIpc) is 2.88. The van der Waals surface area contributed by atoms with Crippen LogP contribution in [-0.4, -0.2) is 33.7 Å². The number of carbonyl (C=O) groups is 2. The summed E-state index contributed by atoms with van der Waals surface area (Å²) in [6.07, 6.45) is 3.95. The number of hydrogen-bond donors (Lipinski definition) is 0. The van der Waals surface area contributed by atoms with Crippen molar-refractivity contribution in [1.29, 1.82) is 0 Å². The third-order valence-corrected chi connectivity index (χ3v) is 5.40. The van der Waals surface area contributed by atoms with E-state index in [1.807, 2.05) is 19.1 Å². The van der Waals surface area contributed by atoms with Crippen LogP contribution >= 0.6 is 24.0 Å². The van der Waals surface area contributed by atoms with Gasteiger partial charge in [-0.1, -0.05) is 69.0 Å². The van der Waals surface area contributed by atoms with Gasteiger partial charge in [0.05, 0.1) is 16.9 Å². The van der Waals surface area contributed by atoms with Crippen molar-refractivity contribution in [2.45, 2.75) is 26.3 Å². The van der Waals surface area contributed by atoms with Crippen LogP contribution in [0.5, 0.6) is 5.75 Å². The lowest BCUT2D eigenvalue weighted by Crippen LogP contribution is -2.53. The second kappa shape index (κ2) is 9.00. The number of carboxylic acid groups (broad SMARTS) is 1. The molecule has 2 atom stereocenters. The molecule has 1 amide bonds. The van der Waals surface area contributed by atoms with Crippen LogP contribution in [0.3, 0.4) is 0 Å². The topological polar surface area (TPSA) is 69.7 Å². The Hall–Kier alpha value is -2.12. The van der Waals surface area contributed by atoms with E-state index < -0.39 is 17.9 Å². The Kier molecular flexibility index (Phi) is 6.99. The number of carboxylic acids is 1. The summed E-state index contributed by atoms with van der Waals surface area (Å²) < 4.78 is 5.66. The first-order chi connectivity index (χ1) is 12.4. The molecule has 1 aliphatic rings. The van der Waals surface area contributed by atoms with Gasteiger partial charge >= 0.3 is 0 Å². The summed E-state index contributed by atoms with van der Waals surface area (Å²) in [6.45, 7) is 7.64. The van der Waals surface area contributed by atoms with Gasteiger partial charge in [-0.2, -0.15) is 0 Å². The molecule has 0 aliphatic carbocycles. The van der Waals surface area contributed by atoms with Gasteiger partial charge in [0, 0.05) is 0 Å². The van der Waals surface area contributed by atoms with Crippen molar-refractivity contribution >= 4 is 46.3 Å². The van der Waals surface area contributed by atoms with E-state index in [9.17, 15) is 14.7 Å². The predicted molar refractivity (Wildman–Crippen MR) is 105 cm³/mol. The summed E-state index contributed by atoms with van der Waals surface area (Å²) in [5.41, 5.74) is 0.796. The molecule has 5 nitrogen and oxygen atoms in total. The zero-order valence-corrected chi connectivity index (χ0v) is 16.3. The molecular formula is C19H20NO4S2-. The lowest BCUT2D eigenvalue weighted by atomic mass is 9.98. The van der Waals surface area contributed by atoms with Crippen molar-refractivity contribution in [2.75, 3.05) is 6.61 Å². The molecule has 0 bridgehead atoms. The van der Waals surface area contributed by atoms with Gasteiger partial charge in [-0.05, 0) is 29.7 Å². The van der Waals surface area contributed by atoms with Crippen LogP contribution in [0.1, 0.15) is 25.8 Å². The molecule has 0 aromatic heterocycles. The van der Waals surface area contributed by atoms with E-state index in [2.05, 4.69) is 6.58 Å². The second-order valence-corrected chi connectivity index (χ2v) is 7.55. The number of amides is 1. The first-order valence-corrected chi connectivity index (χ1v) is 9.43. The van der Waals surface area contributed by atoms with Crippen LogP contribution in [0, 0.1) is 5.92 Å². The predicted octanol–water partition coefficient (Wildman–Crippen LogP) is 2.62. The van der Waals surface area contributed by atoms with E-state index in [0.717, 1.165) is 22.2 Å². The summed E-state index contributed by atoms with van der Waals surface area (Å²) in [4.78, 5) is 25.8. The summed E-state index contributed by atoms with van der Waals surface area (Å²) in [5, 5.41) is 11.6. The summed E-state index contributed by atoms with van der Waals surface area (Å²) >= 11 is 6.35. The van der Waals surface area contributed by atoms with Gasteiger partial charge in [0.2, 0.25) is 0 Å². The molecule has 0 saturated carbocycles. The minimum atomic E-state index is -1.29. The number of benzene rings is 1. The zero-order valence-electron chi connectivity index (χ0n) is 14.6. The lowest BCUT2D eigenvalue weighted by molar-refractivity contribution is -0.311. The molecule has 0 N–H and O–H groups in total. The number of ether oxygens (including phenoxy) is 1. The average molecular weight is 391 g/mol. The number of rotatable bonds is 8. The highest BCUT2D eigenvalue weighted by molar-refractivity contribution is 8.26. The quantitative estimate of drug-likeness (QED) is 0.386. The number of nitrogens with zero attached hydrogens (tertiary/aromatic N) is 1. The molecule has 1 aromatic carbocycles. The molecule has 1 saturated heterocycles. The summed E-state index contributed by atoms with van der Waals surface area (Å²) in [7, 11) is 0. The van der Waals surface area contributed by atoms with Gasteiger partial charge in [-0.25, -0.2) is 0 Å². The SMILES string of the molecule is C=CCOc1ccc(/C=C2\SC(=S)N([C@H](C(=O)[O-])[C@@H](C)CC)C2=O)cc1. The van der Waals surface area contributed by atoms with Gasteiger partial charge in [0.15, 0.2) is 0 Å². The molecule has 0 spiro atoms. The van der Waals surface area contributed by atoms with Gasteiger partial charge < -0.3 is 14.6 Å². The van der Waals surface area contributed by atoms with Crippen molar-refractivity contribution in [3.05, 3.63) is 47.4 Å². The van der Waals surface area contributed by atoms with Crippen LogP contribution in [-0.2, 0) is 9.59 Å². The van der Waals surface area contributed by atoms with Crippen LogP contribution in [0.15, 0.2) is 41.8 Å². The fourth-order valence-corrected chi connectivity index (χ4v) is 3.83. The monoisotopic (exact) mass is 390 g/mol. The van der Waals surface area contributed by atoms with E-state index in [4.69, 9.17) is 17.0 Å². The van der Waals surface area contributed by atoms with Gasteiger partial charge in [-0.3, -0.25) is 9.69 Å². The molecule has 1 heterocycles. The van der Waals surface area contributed by atoms with E-state index in [1.54, 1.807) is 31.2 Å². The highest BCUT2D eigenvalue weighted by atomic mass is 32.2. The van der Waals surface area contributed by atoms with Crippen LogP contribution < -0.4 is 9.84 Å². The van der Waals surface area contributed by atoms with Gasteiger partial charge in [0.25, 0.3) is 5.91 Å². The molecule has 138 valence electrons. The molecular weight excluding hydrogens is 370 g/mol. The molecule has 7 heteroatoms. The minimum absolute atomic E-state index is 0.238. The maximum Gasteiger partial charge on any atom is 0.266 e. The fourth-order valence-electron chi connectivity index (χ4n) is 2.50. The van der Waals surface area contributed by atoms with Crippen LogP contribution in [0.4, 0.5) is 0 Å².